The summed E-state index contributed by atoms with van der Waals surface area (Å²) in [5, 5.41) is 7.49. The van der Waals surface area contributed by atoms with Crippen molar-refractivity contribution in [1.82, 2.24) is 5.16 Å². The number of fused-ring (bicyclic) bond motifs is 1. The molecule has 4 rings (SSSR count). The summed E-state index contributed by atoms with van der Waals surface area (Å²) < 4.78 is 5.29. The van der Waals surface area contributed by atoms with Crippen LogP contribution in [-0.4, -0.2) is 23.5 Å². The van der Waals surface area contributed by atoms with Gasteiger partial charge in [-0.05, 0) is 49.6 Å². The van der Waals surface area contributed by atoms with E-state index in [1.54, 1.807) is 19.1 Å². The standard InChI is InChI=1S/C23H22ClN3O3/c1-3-20(28)27-12-6-7-15-13-16(10-11-19(15)27)25-23(29)21-14(2)30-26-22(21)17-8-4-5-9-18(17)24/h4-5,8-11,13H,3,6-7,12H2,1-2H3,(H,25,29). The van der Waals surface area contributed by atoms with Crippen molar-refractivity contribution in [3.8, 4) is 11.3 Å². The predicted molar refractivity (Wildman–Crippen MR) is 117 cm³/mol. The molecular weight excluding hydrogens is 402 g/mol. The van der Waals surface area contributed by atoms with Gasteiger partial charge in [0.2, 0.25) is 5.91 Å². The number of hydrogen-bond acceptors (Lipinski definition) is 4. The SMILES string of the molecule is CCC(=O)N1CCCc2cc(NC(=O)c3c(-c4ccccc4Cl)noc3C)ccc21. The number of anilines is 2. The lowest BCUT2D eigenvalue weighted by Crippen LogP contribution is -2.34. The van der Waals surface area contributed by atoms with Gasteiger partial charge < -0.3 is 14.7 Å². The molecule has 0 atom stereocenters. The highest BCUT2D eigenvalue weighted by atomic mass is 35.5. The fourth-order valence-electron chi connectivity index (χ4n) is 3.80. The van der Waals surface area contributed by atoms with Crippen LogP contribution in [0.1, 0.15) is 41.4 Å². The zero-order chi connectivity index (χ0) is 21.3. The Kier molecular flexibility index (Phi) is 5.59. The van der Waals surface area contributed by atoms with Crippen molar-refractivity contribution in [1.29, 1.82) is 0 Å². The van der Waals surface area contributed by atoms with Crippen molar-refractivity contribution in [3.05, 3.63) is 64.4 Å². The summed E-state index contributed by atoms with van der Waals surface area (Å²) in [6.45, 7) is 4.29. The van der Waals surface area contributed by atoms with E-state index in [-0.39, 0.29) is 11.8 Å². The number of carbonyl (C=O) groups excluding carboxylic acids is 2. The average Bonchev–Trinajstić information content (AvgIpc) is 3.14. The second-order valence-corrected chi connectivity index (χ2v) is 7.65. The molecule has 0 saturated carbocycles. The zero-order valence-electron chi connectivity index (χ0n) is 16.9. The van der Waals surface area contributed by atoms with Gasteiger partial charge in [0.25, 0.3) is 5.91 Å². The molecule has 1 aromatic heterocycles. The van der Waals surface area contributed by atoms with Crippen molar-refractivity contribution in [2.75, 3.05) is 16.8 Å². The number of hydrogen-bond donors (Lipinski definition) is 1. The molecule has 0 unspecified atom stereocenters. The number of halogens is 1. The number of nitrogens with zero attached hydrogens (tertiary/aromatic N) is 2. The summed E-state index contributed by atoms with van der Waals surface area (Å²) in [5.74, 6) is 0.207. The topological polar surface area (TPSA) is 75.4 Å². The summed E-state index contributed by atoms with van der Waals surface area (Å²) >= 11 is 6.29. The number of aromatic nitrogens is 1. The first-order valence-corrected chi connectivity index (χ1v) is 10.3. The smallest absolute Gasteiger partial charge is 0.261 e. The maximum absolute atomic E-state index is 13.1. The number of aryl methyl sites for hydroxylation is 2. The Hall–Kier alpha value is -3.12. The van der Waals surface area contributed by atoms with Crippen molar-refractivity contribution in [2.24, 2.45) is 0 Å². The maximum atomic E-state index is 13.1. The Morgan fingerprint density at radius 2 is 2.03 bits per heavy atom. The third kappa shape index (κ3) is 3.71. The van der Waals surface area contributed by atoms with Gasteiger partial charge in [0, 0.05) is 29.9 Å². The van der Waals surface area contributed by atoms with Crippen molar-refractivity contribution in [2.45, 2.75) is 33.1 Å². The first-order valence-electron chi connectivity index (χ1n) is 9.95. The first-order chi connectivity index (χ1) is 14.5. The molecule has 1 aliphatic heterocycles. The predicted octanol–water partition coefficient (Wildman–Crippen LogP) is 5.24. The highest BCUT2D eigenvalue weighted by molar-refractivity contribution is 6.33. The summed E-state index contributed by atoms with van der Waals surface area (Å²) in [5.41, 5.74) is 4.03. The second-order valence-electron chi connectivity index (χ2n) is 7.24. The molecule has 0 radical (unpaired) electrons. The van der Waals surface area contributed by atoms with Gasteiger partial charge >= 0.3 is 0 Å². The van der Waals surface area contributed by atoms with E-state index in [1.807, 2.05) is 42.2 Å². The van der Waals surface area contributed by atoms with Crippen LogP contribution in [0.25, 0.3) is 11.3 Å². The van der Waals surface area contributed by atoms with Crippen molar-refractivity contribution in [3.63, 3.8) is 0 Å². The highest BCUT2D eigenvalue weighted by Crippen LogP contribution is 2.33. The first kappa shape index (κ1) is 20.2. The lowest BCUT2D eigenvalue weighted by molar-refractivity contribution is -0.118. The van der Waals surface area contributed by atoms with E-state index in [1.165, 1.54) is 0 Å². The molecule has 6 nitrogen and oxygen atoms in total. The zero-order valence-corrected chi connectivity index (χ0v) is 17.6. The third-order valence-corrected chi connectivity index (χ3v) is 5.61. The van der Waals surface area contributed by atoms with Gasteiger partial charge in [0.15, 0.2) is 0 Å². The van der Waals surface area contributed by atoms with Crippen LogP contribution >= 0.6 is 11.6 Å². The molecule has 1 aliphatic rings. The molecule has 30 heavy (non-hydrogen) atoms. The van der Waals surface area contributed by atoms with Gasteiger partial charge in [0.05, 0.1) is 5.02 Å². The summed E-state index contributed by atoms with van der Waals surface area (Å²) in [6.07, 6.45) is 2.23. The van der Waals surface area contributed by atoms with Gasteiger partial charge in [-0.1, -0.05) is 41.9 Å². The van der Waals surface area contributed by atoms with E-state index >= 15 is 0 Å². The van der Waals surface area contributed by atoms with E-state index in [4.69, 9.17) is 16.1 Å². The van der Waals surface area contributed by atoms with Gasteiger partial charge in [-0.3, -0.25) is 9.59 Å². The number of nitrogens with one attached hydrogen (secondary N) is 1. The normalized spacial score (nSPS) is 13.1. The number of carbonyl (C=O) groups is 2. The maximum Gasteiger partial charge on any atom is 0.261 e. The Morgan fingerprint density at radius 3 is 2.80 bits per heavy atom. The second kappa shape index (κ2) is 8.32. The molecule has 7 heteroatoms. The van der Waals surface area contributed by atoms with Crippen LogP contribution in [-0.2, 0) is 11.2 Å². The molecule has 154 valence electrons. The minimum atomic E-state index is -0.319. The van der Waals surface area contributed by atoms with E-state index in [0.717, 1.165) is 30.6 Å². The summed E-state index contributed by atoms with van der Waals surface area (Å²) in [6, 6.07) is 12.8. The monoisotopic (exact) mass is 423 g/mol. The van der Waals surface area contributed by atoms with Crippen molar-refractivity contribution >= 4 is 34.8 Å². The van der Waals surface area contributed by atoms with Crippen LogP contribution in [0, 0.1) is 6.92 Å². The number of rotatable bonds is 4. The summed E-state index contributed by atoms with van der Waals surface area (Å²) in [7, 11) is 0. The molecule has 0 spiro atoms. The van der Waals surface area contributed by atoms with E-state index < -0.39 is 0 Å². The molecule has 2 amide bonds. The lowest BCUT2D eigenvalue weighted by Gasteiger charge is -2.29. The Labute approximate surface area is 179 Å². The molecule has 0 aliphatic carbocycles. The molecule has 2 heterocycles. The highest BCUT2D eigenvalue weighted by Gasteiger charge is 2.25. The van der Waals surface area contributed by atoms with Crippen molar-refractivity contribution < 1.29 is 14.1 Å². The molecule has 0 fully saturated rings. The quantitative estimate of drug-likeness (QED) is 0.622. The third-order valence-electron chi connectivity index (χ3n) is 5.28. The fourth-order valence-corrected chi connectivity index (χ4v) is 4.02. The number of benzene rings is 2. The number of amides is 2. The fraction of sp³-hybridized carbons (Fsp3) is 0.261. The van der Waals surface area contributed by atoms with Gasteiger partial charge in [0.1, 0.15) is 17.0 Å². The van der Waals surface area contributed by atoms with E-state index in [0.29, 0.717) is 39.7 Å². The van der Waals surface area contributed by atoms with Crippen LogP contribution in [0.5, 0.6) is 0 Å². The molecule has 3 aromatic rings. The van der Waals surface area contributed by atoms with Gasteiger partial charge in [-0.15, -0.1) is 0 Å². The molecule has 0 bridgehead atoms. The van der Waals surface area contributed by atoms with Crippen LogP contribution < -0.4 is 10.2 Å². The van der Waals surface area contributed by atoms with Gasteiger partial charge in [-0.2, -0.15) is 0 Å². The average molecular weight is 424 g/mol. The Balaban J connectivity index is 1.63. The van der Waals surface area contributed by atoms with E-state index in [2.05, 4.69) is 10.5 Å². The Bertz CT molecular complexity index is 1120. The molecule has 0 saturated heterocycles. The van der Waals surface area contributed by atoms with Crippen LogP contribution in [0.4, 0.5) is 11.4 Å². The molecular formula is C23H22ClN3O3. The minimum absolute atomic E-state index is 0.109. The van der Waals surface area contributed by atoms with Crippen LogP contribution in [0.2, 0.25) is 5.02 Å². The lowest BCUT2D eigenvalue weighted by atomic mass is 10.00. The van der Waals surface area contributed by atoms with Gasteiger partial charge in [-0.25, -0.2) is 0 Å². The van der Waals surface area contributed by atoms with Crippen LogP contribution in [0.3, 0.4) is 0 Å². The Morgan fingerprint density at radius 1 is 1.23 bits per heavy atom. The van der Waals surface area contributed by atoms with Crippen LogP contribution in [0.15, 0.2) is 47.0 Å². The molecule has 2 aromatic carbocycles. The minimum Gasteiger partial charge on any atom is -0.360 e. The summed E-state index contributed by atoms with van der Waals surface area (Å²) in [4.78, 5) is 27.1. The van der Waals surface area contributed by atoms with E-state index in [9.17, 15) is 9.59 Å². The largest absolute Gasteiger partial charge is 0.360 e. The molecule has 1 N–H and O–H groups in total.